The van der Waals surface area contributed by atoms with Crippen molar-refractivity contribution in [2.24, 2.45) is 4.99 Å². The SMILES string of the molecule is C=C/C=C\N=C(/C)c1cc(-n2c3ccc(-c4cccc5c6ccccc6n(-c6ccccc6)c45)cc3c3ncccc32)cc(-c2ccccn2)n1. The van der Waals surface area contributed by atoms with Crippen LogP contribution in [0.2, 0.25) is 0 Å². The van der Waals surface area contributed by atoms with E-state index >= 15 is 0 Å². The Kier molecular flexibility index (Phi) is 7.40. The van der Waals surface area contributed by atoms with Crippen LogP contribution in [0.5, 0.6) is 0 Å². The molecule has 0 aliphatic heterocycles. The highest BCUT2D eigenvalue weighted by atomic mass is 15.0. The number of fused-ring (bicyclic) bond motifs is 6. The van der Waals surface area contributed by atoms with Crippen molar-refractivity contribution in [1.82, 2.24) is 24.1 Å². The summed E-state index contributed by atoms with van der Waals surface area (Å²) >= 11 is 0. The summed E-state index contributed by atoms with van der Waals surface area (Å²) in [5.41, 5.74) is 12.8. The minimum absolute atomic E-state index is 0.762. The van der Waals surface area contributed by atoms with Gasteiger partial charge in [-0.25, -0.2) is 4.98 Å². The van der Waals surface area contributed by atoms with E-state index < -0.39 is 0 Å². The first-order valence-electron chi connectivity index (χ1n) is 16.9. The number of nitrogens with zero attached hydrogens (tertiary/aromatic N) is 6. The molecule has 0 saturated heterocycles. The number of rotatable bonds is 7. The average molecular weight is 657 g/mol. The monoisotopic (exact) mass is 656 g/mol. The van der Waals surface area contributed by atoms with Gasteiger partial charge in [0, 0.05) is 46.0 Å². The van der Waals surface area contributed by atoms with Crippen molar-refractivity contribution in [2.45, 2.75) is 6.92 Å². The quantitative estimate of drug-likeness (QED) is 0.127. The number of para-hydroxylation sites is 3. The molecule has 242 valence electrons. The van der Waals surface area contributed by atoms with Crippen LogP contribution in [0.4, 0.5) is 0 Å². The topological polar surface area (TPSA) is 60.9 Å². The van der Waals surface area contributed by atoms with Gasteiger partial charge in [0.05, 0.1) is 56.1 Å². The third kappa shape index (κ3) is 5.13. The maximum Gasteiger partial charge on any atom is 0.0963 e. The van der Waals surface area contributed by atoms with E-state index in [0.717, 1.165) is 67.2 Å². The second-order valence-electron chi connectivity index (χ2n) is 12.4. The highest BCUT2D eigenvalue weighted by Gasteiger charge is 2.20. The summed E-state index contributed by atoms with van der Waals surface area (Å²) in [5, 5.41) is 3.52. The van der Waals surface area contributed by atoms with E-state index in [9.17, 15) is 0 Å². The van der Waals surface area contributed by atoms with Crippen molar-refractivity contribution in [3.05, 3.63) is 176 Å². The lowest BCUT2D eigenvalue weighted by molar-refractivity contribution is 1.14. The maximum absolute atomic E-state index is 5.00. The number of hydrogen-bond donors (Lipinski definition) is 0. The molecule has 5 aromatic heterocycles. The van der Waals surface area contributed by atoms with Crippen molar-refractivity contribution < 1.29 is 0 Å². The molecule has 0 aliphatic rings. The van der Waals surface area contributed by atoms with Crippen molar-refractivity contribution in [1.29, 1.82) is 0 Å². The van der Waals surface area contributed by atoms with Crippen molar-refractivity contribution in [3.8, 4) is 33.9 Å². The van der Waals surface area contributed by atoms with Gasteiger partial charge in [-0.05, 0) is 85.3 Å². The first-order chi connectivity index (χ1) is 25.2. The Balaban J connectivity index is 1.29. The molecule has 0 atom stereocenters. The van der Waals surface area contributed by atoms with Gasteiger partial charge < -0.3 is 9.13 Å². The van der Waals surface area contributed by atoms with Crippen LogP contribution < -0.4 is 0 Å². The molecule has 0 unspecified atom stereocenters. The van der Waals surface area contributed by atoms with E-state index in [1.165, 1.54) is 21.8 Å². The molecule has 0 fully saturated rings. The van der Waals surface area contributed by atoms with Crippen LogP contribution in [0.15, 0.2) is 176 Å². The van der Waals surface area contributed by atoms with E-state index in [-0.39, 0.29) is 0 Å². The van der Waals surface area contributed by atoms with E-state index in [1.807, 2.05) is 43.5 Å². The fraction of sp³-hybridized carbons (Fsp3) is 0.0222. The number of benzene rings is 4. The second-order valence-corrected chi connectivity index (χ2v) is 12.4. The molecule has 0 spiro atoms. The Morgan fingerprint density at radius 1 is 0.627 bits per heavy atom. The molecule has 9 aromatic rings. The molecule has 0 N–H and O–H groups in total. The first-order valence-corrected chi connectivity index (χ1v) is 16.9. The second kappa shape index (κ2) is 12.5. The summed E-state index contributed by atoms with van der Waals surface area (Å²) in [6, 6.07) is 46.8. The molecule has 0 bridgehead atoms. The summed E-state index contributed by atoms with van der Waals surface area (Å²) in [7, 11) is 0. The third-order valence-electron chi connectivity index (χ3n) is 9.40. The van der Waals surface area contributed by atoms with Gasteiger partial charge in [0.15, 0.2) is 0 Å². The molecule has 0 radical (unpaired) electrons. The van der Waals surface area contributed by atoms with Gasteiger partial charge in [0.1, 0.15) is 0 Å². The van der Waals surface area contributed by atoms with Gasteiger partial charge in [-0.3, -0.25) is 15.0 Å². The lowest BCUT2D eigenvalue weighted by Crippen LogP contribution is -2.04. The van der Waals surface area contributed by atoms with Crippen LogP contribution in [0.25, 0.3) is 77.6 Å². The Labute approximate surface area is 295 Å². The third-order valence-corrected chi connectivity index (χ3v) is 9.40. The van der Waals surface area contributed by atoms with Crippen LogP contribution in [0.3, 0.4) is 0 Å². The molecule has 6 nitrogen and oxygen atoms in total. The highest BCUT2D eigenvalue weighted by Crippen LogP contribution is 2.40. The molecular weight excluding hydrogens is 625 g/mol. The number of aliphatic imine (C=N–C) groups is 1. The fourth-order valence-corrected chi connectivity index (χ4v) is 7.14. The highest BCUT2D eigenvalue weighted by molar-refractivity contribution is 6.15. The zero-order valence-electron chi connectivity index (χ0n) is 28.0. The molecule has 0 amide bonds. The predicted octanol–water partition coefficient (Wildman–Crippen LogP) is 10.9. The molecule has 4 aromatic carbocycles. The number of pyridine rings is 3. The smallest absolute Gasteiger partial charge is 0.0963 e. The maximum atomic E-state index is 5.00. The van der Waals surface area contributed by atoms with E-state index in [1.54, 1.807) is 18.5 Å². The Bertz CT molecular complexity index is 2820. The Morgan fingerprint density at radius 3 is 2.27 bits per heavy atom. The van der Waals surface area contributed by atoms with Gasteiger partial charge in [-0.2, -0.15) is 0 Å². The van der Waals surface area contributed by atoms with Crippen LogP contribution in [-0.4, -0.2) is 29.8 Å². The molecular formula is C45H32N6. The van der Waals surface area contributed by atoms with Crippen LogP contribution in [0, 0.1) is 0 Å². The van der Waals surface area contributed by atoms with Crippen molar-refractivity contribution >= 4 is 49.5 Å². The summed E-state index contributed by atoms with van der Waals surface area (Å²) in [6.45, 7) is 5.74. The van der Waals surface area contributed by atoms with Gasteiger partial charge in [-0.1, -0.05) is 79.4 Å². The van der Waals surface area contributed by atoms with Crippen molar-refractivity contribution in [2.75, 3.05) is 0 Å². The van der Waals surface area contributed by atoms with Gasteiger partial charge in [-0.15, -0.1) is 0 Å². The van der Waals surface area contributed by atoms with E-state index in [4.69, 9.17) is 9.97 Å². The summed E-state index contributed by atoms with van der Waals surface area (Å²) in [4.78, 5) is 19.2. The van der Waals surface area contributed by atoms with Gasteiger partial charge in [0.25, 0.3) is 0 Å². The number of allylic oxidation sites excluding steroid dienone is 2. The van der Waals surface area contributed by atoms with E-state index in [2.05, 4.69) is 135 Å². The van der Waals surface area contributed by atoms with Crippen LogP contribution in [0.1, 0.15) is 12.6 Å². The molecule has 5 heterocycles. The lowest BCUT2D eigenvalue weighted by Gasteiger charge is -2.13. The van der Waals surface area contributed by atoms with Crippen LogP contribution >= 0.6 is 0 Å². The van der Waals surface area contributed by atoms with Gasteiger partial charge in [0.2, 0.25) is 0 Å². The van der Waals surface area contributed by atoms with Crippen LogP contribution in [-0.2, 0) is 0 Å². The summed E-state index contributed by atoms with van der Waals surface area (Å²) < 4.78 is 4.66. The number of aromatic nitrogens is 5. The normalized spacial score (nSPS) is 12.1. The minimum atomic E-state index is 0.762. The first kappa shape index (κ1) is 30.2. The largest absolute Gasteiger partial charge is 0.309 e. The van der Waals surface area contributed by atoms with Crippen molar-refractivity contribution in [3.63, 3.8) is 0 Å². The Hall–Kier alpha value is -6.92. The molecule has 0 aliphatic carbocycles. The Morgan fingerprint density at radius 2 is 1.41 bits per heavy atom. The lowest BCUT2D eigenvalue weighted by atomic mass is 10.0. The zero-order chi connectivity index (χ0) is 34.3. The molecule has 51 heavy (non-hydrogen) atoms. The number of hydrogen-bond acceptors (Lipinski definition) is 4. The molecule has 0 saturated carbocycles. The zero-order valence-corrected chi connectivity index (χ0v) is 28.0. The molecule has 6 heteroatoms. The van der Waals surface area contributed by atoms with E-state index in [0.29, 0.717) is 0 Å². The molecule has 9 rings (SSSR count). The average Bonchev–Trinajstić information content (AvgIpc) is 3.71. The minimum Gasteiger partial charge on any atom is -0.309 e. The summed E-state index contributed by atoms with van der Waals surface area (Å²) in [5.74, 6) is 0. The fourth-order valence-electron chi connectivity index (χ4n) is 7.14. The standard InChI is InChI=1S/C45H32N6/c1-3-4-24-46-30(2)39-28-33(29-40(49-39)38-19-10-11-25-47-38)50-42-23-22-31(27-37(42)44-43(50)21-13-26-48-44)34-17-12-18-36-35-16-8-9-20-41(35)51(45(34)36)32-14-6-5-7-15-32/h3-29H,1H2,2H3/b24-4-,46-30+. The predicted molar refractivity (Wildman–Crippen MR) is 211 cm³/mol. The summed E-state index contributed by atoms with van der Waals surface area (Å²) in [6.07, 6.45) is 8.92. The van der Waals surface area contributed by atoms with Gasteiger partial charge >= 0.3 is 0 Å².